The van der Waals surface area contributed by atoms with Crippen LogP contribution in [-0.2, 0) is 12.8 Å². The van der Waals surface area contributed by atoms with Gasteiger partial charge in [-0.25, -0.2) is 0 Å². The van der Waals surface area contributed by atoms with Crippen LogP contribution in [0.2, 0.25) is 0 Å². The second kappa shape index (κ2) is 2.77. The maximum atomic E-state index is 5.75. The molecule has 0 atom stereocenters. The normalized spacial score (nSPS) is 14.6. The summed E-state index contributed by atoms with van der Waals surface area (Å²) < 4.78 is 11.0. The van der Waals surface area contributed by atoms with Gasteiger partial charge in [0, 0.05) is 17.4 Å². The highest BCUT2D eigenvalue weighted by atomic mass is 16.5. The maximum Gasteiger partial charge on any atom is 0.134 e. The zero-order chi connectivity index (χ0) is 9.54. The SMILES string of the molecule is COc1ccc2oc3c(c2c1)CCC3. The topological polar surface area (TPSA) is 22.4 Å². The minimum atomic E-state index is 0.910. The minimum Gasteiger partial charge on any atom is -0.497 e. The first-order valence-electron chi connectivity index (χ1n) is 4.97. The summed E-state index contributed by atoms with van der Waals surface area (Å²) in [5.74, 6) is 2.08. The van der Waals surface area contributed by atoms with Crippen LogP contribution < -0.4 is 4.74 Å². The number of hydrogen-bond acceptors (Lipinski definition) is 2. The van der Waals surface area contributed by atoms with Crippen molar-refractivity contribution in [2.24, 2.45) is 0 Å². The predicted octanol–water partition coefficient (Wildman–Crippen LogP) is 2.93. The Morgan fingerprint density at radius 1 is 1.29 bits per heavy atom. The summed E-state index contributed by atoms with van der Waals surface area (Å²) in [5, 5.41) is 1.23. The largest absolute Gasteiger partial charge is 0.497 e. The van der Waals surface area contributed by atoms with Gasteiger partial charge in [-0.2, -0.15) is 0 Å². The maximum absolute atomic E-state index is 5.75. The van der Waals surface area contributed by atoms with Crippen molar-refractivity contribution in [2.75, 3.05) is 7.11 Å². The quantitative estimate of drug-likeness (QED) is 0.686. The van der Waals surface area contributed by atoms with Crippen LogP contribution in [0.1, 0.15) is 17.7 Å². The smallest absolute Gasteiger partial charge is 0.134 e. The second-order valence-corrected chi connectivity index (χ2v) is 3.72. The van der Waals surface area contributed by atoms with Crippen molar-refractivity contribution in [3.63, 3.8) is 0 Å². The summed E-state index contributed by atoms with van der Waals surface area (Å²) in [5.41, 5.74) is 2.38. The molecule has 1 heterocycles. The summed E-state index contributed by atoms with van der Waals surface area (Å²) in [7, 11) is 1.70. The molecule has 0 radical (unpaired) electrons. The summed E-state index contributed by atoms with van der Waals surface area (Å²) >= 11 is 0. The molecule has 1 aromatic carbocycles. The van der Waals surface area contributed by atoms with E-state index in [1.807, 2.05) is 12.1 Å². The molecule has 0 saturated heterocycles. The van der Waals surface area contributed by atoms with Crippen molar-refractivity contribution in [3.8, 4) is 5.75 Å². The predicted molar refractivity (Wildman–Crippen MR) is 54.8 cm³/mol. The van der Waals surface area contributed by atoms with Gasteiger partial charge in [-0.3, -0.25) is 0 Å². The zero-order valence-electron chi connectivity index (χ0n) is 8.17. The number of fused-ring (bicyclic) bond motifs is 3. The Kier molecular flexibility index (Phi) is 1.57. The molecule has 2 nitrogen and oxygen atoms in total. The lowest BCUT2D eigenvalue weighted by Crippen LogP contribution is -1.82. The molecular weight excluding hydrogens is 176 g/mol. The Balaban J connectivity index is 2.29. The van der Waals surface area contributed by atoms with E-state index in [9.17, 15) is 0 Å². The Hall–Kier alpha value is -1.44. The summed E-state index contributed by atoms with van der Waals surface area (Å²) in [6, 6.07) is 6.01. The van der Waals surface area contributed by atoms with Crippen molar-refractivity contribution < 1.29 is 9.15 Å². The Morgan fingerprint density at radius 2 is 2.21 bits per heavy atom. The molecule has 0 amide bonds. The molecule has 2 heteroatoms. The fraction of sp³-hybridized carbons (Fsp3) is 0.333. The lowest BCUT2D eigenvalue weighted by Gasteiger charge is -1.98. The van der Waals surface area contributed by atoms with E-state index in [4.69, 9.17) is 9.15 Å². The Morgan fingerprint density at radius 3 is 3.07 bits per heavy atom. The molecule has 0 unspecified atom stereocenters. The first kappa shape index (κ1) is 7.92. The lowest BCUT2D eigenvalue weighted by molar-refractivity contribution is 0.415. The van der Waals surface area contributed by atoms with Crippen LogP contribution in [-0.4, -0.2) is 7.11 Å². The van der Waals surface area contributed by atoms with Gasteiger partial charge in [0.15, 0.2) is 0 Å². The van der Waals surface area contributed by atoms with Crippen molar-refractivity contribution >= 4 is 11.0 Å². The van der Waals surface area contributed by atoms with Crippen LogP contribution in [0.4, 0.5) is 0 Å². The van der Waals surface area contributed by atoms with E-state index in [2.05, 4.69) is 6.07 Å². The molecule has 72 valence electrons. The summed E-state index contributed by atoms with van der Waals surface area (Å²) in [6.07, 6.45) is 3.46. The third kappa shape index (κ3) is 0.969. The van der Waals surface area contributed by atoms with Gasteiger partial charge in [0.25, 0.3) is 0 Å². The number of ether oxygens (including phenoxy) is 1. The molecular formula is C12H12O2. The van der Waals surface area contributed by atoms with E-state index < -0.39 is 0 Å². The van der Waals surface area contributed by atoms with E-state index in [0.717, 1.165) is 24.2 Å². The third-order valence-corrected chi connectivity index (χ3v) is 2.91. The standard InChI is InChI=1S/C12H12O2/c1-13-8-5-6-12-10(7-8)9-3-2-4-11(9)14-12/h5-7H,2-4H2,1H3. The van der Waals surface area contributed by atoms with Crippen LogP contribution >= 0.6 is 0 Å². The highest BCUT2D eigenvalue weighted by Crippen LogP contribution is 2.34. The van der Waals surface area contributed by atoms with E-state index in [0.29, 0.717) is 0 Å². The minimum absolute atomic E-state index is 0.910. The van der Waals surface area contributed by atoms with Crippen molar-refractivity contribution in [3.05, 3.63) is 29.5 Å². The summed E-state index contributed by atoms with van der Waals surface area (Å²) in [6.45, 7) is 0. The Labute approximate surface area is 82.5 Å². The monoisotopic (exact) mass is 188 g/mol. The average Bonchev–Trinajstić information content (AvgIpc) is 2.76. The molecule has 0 aliphatic heterocycles. The first-order chi connectivity index (χ1) is 6.88. The van der Waals surface area contributed by atoms with E-state index >= 15 is 0 Å². The van der Waals surface area contributed by atoms with E-state index in [1.165, 1.54) is 23.1 Å². The van der Waals surface area contributed by atoms with E-state index in [1.54, 1.807) is 7.11 Å². The van der Waals surface area contributed by atoms with Crippen molar-refractivity contribution in [2.45, 2.75) is 19.3 Å². The second-order valence-electron chi connectivity index (χ2n) is 3.72. The van der Waals surface area contributed by atoms with Crippen molar-refractivity contribution in [1.82, 2.24) is 0 Å². The average molecular weight is 188 g/mol. The fourth-order valence-electron chi connectivity index (χ4n) is 2.21. The number of benzene rings is 1. The van der Waals surface area contributed by atoms with Crippen molar-refractivity contribution in [1.29, 1.82) is 0 Å². The van der Waals surface area contributed by atoms with Crippen LogP contribution in [0.15, 0.2) is 22.6 Å². The number of furan rings is 1. The molecule has 0 saturated carbocycles. The van der Waals surface area contributed by atoms with Crippen LogP contribution in [0.25, 0.3) is 11.0 Å². The molecule has 3 rings (SSSR count). The molecule has 2 aromatic rings. The number of aryl methyl sites for hydroxylation is 2. The molecule has 14 heavy (non-hydrogen) atoms. The molecule has 0 N–H and O–H groups in total. The van der Waals surface area contributed by atoms with Crippen LogP contribution in [0, 0.1) is 0 Å². The third-order valence-electron chi connectivity index (χ3n) is 2.91. The van der Waals surface area contributed by atoms with Crippen LogP contribution in [0.3, 0.4) is 0 Å². The lowest BCUT2D eigenvalue weighted by atomic mass is 10.1. The highest BCUT2D eigenvalue weighted by Gasteiger charge is 2.19. The molecule has 1 aliphatic carbocycles. The van der Waals surface area contributed by atoms with Crippen LogP contribution in [0.5, 0.6) is 5.75 Å². The van der Waals surface area contributed by atoms with Gasteiger partial charge in [0.1, 0.15) is 17.1 Å². The fourth-order valence-corrected chi connectivity index (χ4v) is 2.21. The van der Waals surface area contributed by atoms with Gasteiger partial charge >= 0.3 is 0 Å². The first-order valence-corrected chi connectivity index (χ1v) is 4.97. The van der Waals surface area contributed by atoms with Gasteiger partial charge in [-0.1, -0.05) is 0 Å². The number of hydrogen-bond donors (Lipinski definition) is 0. The van der Waals surface area contributed by atoms with Gasteiger partial charge in [-0.15, -0.1) is 0 Å². The number of rotatable bonds is 1. The van der Waals surface area contributed by atoms with Gasteiger partial charge in [0.2, 0.25) is 0 Å². The molecule has 0 bridgehead atoms. The van der Waals surface area contributed by atoms with E-state index in [-0.39, 0.29) is 0 Å². The molecule has 0 spiro atoms. The highest BCUT2D eigenvalue weighted by molar-refractivity contribution is 5.84. The molecule has 1 aliphatic rings. The summed E-state index contributed by atoms with van der Waals surface area (Å²) in [4.78, 5) is 0. The molecule has 0 fully saturated rings. The van der Waals surface area contributed by atoms with Gasteiger partial charge < -0.3 is 9.15 Å². The number of methoxy groups -OCH3 is 1. The van der Waals surface area contributed by atoms with Gasteiger partial charge in [0.05, 0.1) is 7.11 Å². The van der Waals surface area contributed by atoms with Gasteiger partial charge in [-0.05, 0) is 31.0 Å². The molecule has 1 aromatic heterocycles. The zero-order valence-corrected chi connectivity index (χ0v) is 8.17. The Bertz CT molecular complexity index is 482.